The number of halogens is 1. The smallest absolute Gasteiger partial charge is 0.354 e. The Labute approximate surface area is 124 Å². The number of carbonyl (C=O) groups is 1. The third-order valence-corrected chi connectivity index (χ3v) is 3.90. The highest BCUT2D eigenvalue weighted by molar-refractivity contribution is 9.10. The zero-order valence-electron chi connectivity index (χ0n) is 10.8. The summed E-state index contributed by atoms with van der Waals surface area (Å²) in [5.74, 6) is -0.242. The van der Waals surface area contributed by atoms with Gasteiger partial charge in [0.1, 0.15) is 5.82 Å². The van der Waals surface area contributed by atoms with E-state index in [0.717, 1.165) is 47.2 Å². The molecule has 1 saturated heterocycles. The van der Waals surface area contributed by atoms with Crippen molar-refractivity contribution in [1.82, 2.24) is 10.3 Å². The number of piperazine rings is 1. The molecule has 0 radical (unpaired) electrons. The highest BCUT2D eigenvalue weighted by Crippen LogP contribution is 2.29. The molecule has 0 atom stereocenters. The second-order valence-electron chi connectivity index (χ2n) is 4.74. The van der Waals surface area contributed by atoms with E-state index in [2.05, 4.69) is 31.1 Å². The van der Waals surface area contributed by atoms with Gasteiger partial charge in [-0.3, -0.25) is 0 Å². The Morgan fingerprint density at radius 3 is 2.75 bits per heavy atom. The minimum Gasteiger partial charge on any atom is -0.477 e. The van der Waals surface area contributed by atoms with E-state index in [1.807, 2.05) is 18.2 Å². The standard InChI is InChI=1S/C14H14BrN3O2/c15-10-2-1-9-7-12(14(19)20)17-13(11(9)8-10)18-5-3-16-4-6-18/h1-2,7-8,16H,3-6H2,(H,19,20). The highest BCUT2D eigenvalue weighted by Gasteiger charge is 2.18. The number of nitrogens with zero attached hydrogens (tertiary/aromatic N) is 2. The number of benzene rings is 1. The molecule has 2 N–H and O–H groups in total. The maximum Gasteiger partial charge on any atom is 0.354 e. The Kier molecular flexibility index (Phi) is 3.58. The van der Waals surface area contributed by atoms with Crippen LogP contribution in [0.1, 0.15) is 10.5 Å². The third kappa shape index (κ3) is 2.48. The molecular weight excluding hydrogens is 322 g/mol. The average molecular weight is 336 g/mol. The van der Waals surface area contributed by atoms with Gasteiger partial charge >= 0.3 is 5.97 Å². The minimum absolute atomic E-state index is 0.0911. The molecule has 1 aliphatic rings. The van der Waals surface area contributed by atoms with Gasteiger partial charge in [-0.1, -0.05) is 22.0 Å². The Bertz CT molecular complexity index is 669. The van der Waals surface area contributed by atoms with E-state index in [0.29, 0.717) is 0 Å². The molecule has 0 aliphatic carbocycles. The normalized spacial score (nSPS) is 15.6. The fraction of sp³-hybridized carbons (Fsp3) is 0.286. The van der Waals surface area contributed by atoms with Crippen molar-refractivity contribution in [2.45, 2.75) is 0 Å². The molecule has 104 valence electrons. The van der Waals surface area contributed by atoms with E-state index in [1.54, 1.807) is 6.07 Å². The molecule has 3 rings (SSSR count). The summed E-state index contributed by atoms with van der Waals surface area (Å²) in [6, 6.07) is 7.44. The van der Waals surface area contributed by atoms with Crippen LogP contribution in [0.2, 0.25) is 0 Å². The maximum atomic E-state index is 11.2. The number of hydrogen-bond donors (Lipinski definition) is 2. The average Bonchev–Trinajstić information content (AvgIpc) is 2.47. The predicted octanol–water partition coefficient (Wildman–Crippen LogP) is 2.11. The van der Waals surface area contributed by atoms with Crippen LogP contribution < -0.4 is 10.2 Å². The van der Waals surface area contributed by atoms with Gasteiger partial charge in [0.25, 0.3) is 0 Å². The molecule has 0 unspecified atom stereocenters. The molecular formula is C14H14BrN3O2. The number of carboxylic acids is 1. The lowest BCUT2D eigenvalue weighted by Crippen LogP contribution is -2.44. The summed E-state index contributed by atoms with van der Waals surface area (Å²) in [5.41, 5.74) is 0.0911. The number of nitrogens with one attached hydrogen (secondary N) is 1. The van der Waals surface area contributed by atoms with Crippen molar-refractivity contribution in [3.8, 4) is 0 Å². The Morgan fingerprint density at radius 1 is 1.30 bits per heavy atom. The van der Waals surface area contributed by atoms with Gasteiger partial charge in [0.2, 0.25) is 0 Å². The second kappa shape index (κ2) is 5.38. The summed E-state index contributed by atoms with van der Waals surface area (Å²) >= 11 is 3.46. The SMILES string of the molecule is O=C(O)c1cc2ccc(Br)cc2c(N2CCNCC2)n1. The van der Waals surface area contributed by atoms with Crippen LogP contribution in [0, 0.1) is 0 Å². The van der Waals surface area contributed by atoms with Crippen molar-refractivity contribution in [3.05, 3.63) is 34.4 Å². The van der Waals surface area contributed by atoms with Crippen molar-refractivity contribution >= 4 is 38.5 Å². The zero-order valence-corrected chi connectivity index (χ0v) is 12.4. The quantitative estimate of drug-likeness (QED) is 0.879. The van der Waals surface area contributed by atoms with Crippen LogP contribution in [-0.4, -0.2) is 42.2 Å². The Balaban J connectivity index is 2.19. The highest BCUT2D eigenvalue weighted by atomic mass is 79.9. The van der Waals surface area contributed by atoms with E-state index in [-0.39, 0.29) is 5.69 Å². The molecule has 0 bridgehead atoms. The van der Waals surface area contributed by atoms with Crippen molar-refractivity contribution in [2.24, 2.45) is 0 Å². The van der Waals surface area contributed by atoms with Crippen LogP contribution in [0.4, 0.5) is 5.82 Å². The summed E-state index contributed by atoms with van der Waals surface area (Å²) in [5, 5.41) is 14.4. The Hall–Kier alpha value is -1.66. The van der Waals surface area contributed by atoms with Crippen LogP contribution in [0.15, 0.2) is 28.7 Å². The van der Waals surface area contributed by atoms with Crippen LogP contribution >= 0.6 is 15.9 Å². The molecule has 2 heterocycles. The van der Waals surface area contributed by atoms with Crippen molar-refractivity contribution in [1.29, 1.82) is 0 Å². The van der Waals surface area contributed by atoms with Crippen LogP contribution in [-0.2, 0) is 0 Å². The van der Waals surface area contributed by atoms with Crippen molar-refractivity contribution in [3.63, 3.8) is 0 Å². The predicted molar refractivity (Wildman–Crippen MR) is 81.5 cm³/mol. The molecule has 5 nitrogen and oxygen atoms in total. The summed E-state index contributed by atoms with van der Waals surface area (Å²) in [4.78, 5) is 17.7. The number of anilines is 1. The number of aromatic nitrogens is 1. The number of carboxylic acid groups (broad SMARTS) is 1. The monoisotopic (exact) mass is 335 g/mol. The molecule has 6 heteroatoms. The summed E-state index contributed by atoms with van der Waals surface area (Å²) in [6.07, 6.45) is 0. The molecule has 1 fully saturated rings. The summed E-state index contributed by atoms with van der Waals surface area (Å²) < 4.78 is 0.964. The van der Waals surface area contributed by atoms with E-state index in [9.17, 15) is 9.90 Å². The number of pyridine rings is 1. The number of hydrogen-bond acceptors (Lipinski definition) is 4. The third-order valence-electron chi connectivity index (χ3n) is 3.41. The molecule has 1 aromatic heterocycles. The van der Waals surface area contributed by atoms with Gasteiger partial charge in [-0.25, -0.2) is 9.78 Å². The maximum absolute atomic E-state index is 11.2. The van der Waals surface area contributed by atoms with Gasteiger partial charge in [0, 0.05) is 36.0 Å². The first-order chi connectivity index (χ1) is 9.65. The van der Waals surface area contributed by atoms with Crippen LogP contribution in [0.5, 0.6) is 0 Å². The lowest BCUT2D eigenvalue weighted by Gasteiger charge is -2.29. The van der Waals surface area contributed by atoms with Gasteiger partial charge in [0.15, 0.2) is 5.69 Å². The first kappa shape index (κ1) is 13.3. The van der Waals surface area contributed by atoms with E-state index >= 15 is 0 Å². The summed E-state index contributed by atoms with van der Waals surface area (Å²) in [7, 11) is 0. The molecule has 2 aromatic rings. The fourth-order valence-electron chi connectivity index (χ4n) is 2.43. The minimum atomic E-state index is -0.994. The zero-order chi connectivity index (χ0) is 14.1. The first-order valence-corrected chi connectivity index (χ1v) is 7.24. The molecule has 0 saturated carbocycles. The Morgan fingerprint density at radius 2 is 2.05 bits per heavy atom. The van der Waals surface area contributed by atoms with Gasteiger partial charge in [-0.05, 0) is 23.6 Å². The van der Waals surface area contributed by atoms with E-state index in [4.69, 9.17) is 0 Å². The summed E-state index contributed by atoms with van der Waals surface area (Å²) in [6.45, 7) is 3.43. The van der Waals surface area contributed by atoms with E-state index < -0.39 is 5.97 Å². The second-order valence-corrected chi connectivity index (χ2v) is 5.65. The van der Waals surface area contributed by atoms with Crippen LogP contribution in [0.25, 0.3) is 10.8 Å². The first-order valence-electron chi connectivity index (χ1n) is 6.44. The van der Waals surface area contributed by atoms with Gasteiger partial charge in [0.05, 0.1) is 0 Å². The number of rotatable bonds is 2. The largest absolute Gasteiger partial charge is 0.477 e. The molecule has 0 amide bonds. The number of fused-ring (bicyclic) bond motifs is 1. The van der Waals surface area contributed by atoms with Gasteiger partial charge in [-0.2, -0.15) is 0 Å². The lowest BCUT2D eigenvalue weighted by atomic mass is 10.1. The van der Waals surface area contributed by atoms with Gasteiger partial charge in [-0.15, -0.1) is 0 Å². The van der Waals surface area contributed by atoms with E-state index in [1.165, 1.54) is 0 Å². The molecule has 20 heavy (non-hydrogen) atoms. The molecule has 0 spiro atoms. The van der Waals surface area contributed by atoms with Crippen molar-refractivity contribution in [2.75, 3.05) is 31.1 Å². The van der Waals surface area contributed by atoms with Gasteiger partial charge < -0.3 is 15.3 Å². The number of aromatic carboxylic acids is 1. The topological polar surface area (TPSA) is 65.5 Å². The van der Waals surface area contributed by atoms with Crippen LogP contribution in [0.3, 0.4) is 0 Å². The fourth-order valence-corrected chi connectivity index (χ4v) is 2.79. The molecule has 1 aliphatic heterocycles. The lowest BCUT2D eigenvalue weighted by molar-refractivity contribution is 0.0691. The van der Waals surface area contributed by atoms with Crippen molar-refractivity contribution < 1.29 is 9.90 Å². The molecule has 1 aromatic carbocycles.